The molecule has 152 valence electrons. The molecule has 1 aliphatic rings. The molecule has 1 aliphatic heterocycles. The summed E-state index contributed by atoms with van der Waals surface area (Å²) in [5.74, 6) is -0.00175. The van der Waals surface area contributed by atoms with Gasteiger partial charge in [-0.05, 0) is 66.9 Å². The molecular weight excluding hydrogens is 423 g/mol. The molecule has 7 heteroatoms. The van der Waals surface area contributed by atoms with E-state index in [1.165, 1.54) is 6.07 Å². The average molecular weight is 441 g/mol. The number of amides is 2. The lowest BCUT2D eigenvalue weighted by atomic mass is 10.0. The van der Waals surface area contributed by atoms with Gasteiger partial charge in [-0.25, -0.2) is 0 Å². The Bertz CT molecular complexity index is 1100. The molecule has 3 aromatic carbocycles. The van der Waals surface area contributed by atoms with Crippen LogP contribution in [0.3, 0.4) is 0 Å². The standard InChI is InChI=1S/C23H18Cl2N2O3/c24-15-6-9-17(10-7-15)26-22(28)18-13-16(25)8-11-19(18)27-23(29)21-12-5-14-3-1-2-4-20(14)30-21/h1-4,6-11,13,21H,5,12H2,(H,26,28)(H,27,29). The van der Waals surface area contributed by atoms with Crippen LogP contribution in [0.1, 0.15) is 22.3 Å². The number of ether oxygens (including phenoxy) is 1. The smallest absolute Gasteiger partial charge is 0.265 e. The number of benzene rings is 3. The van der Waals surface area contributed by atoms with Crippen molar-refractivity contribution in [2.24, 2.45) is 0 Å². The highest BCUT2D eigenvalue weighted by Gasteiger charge is 2.27. The van der Waals surface area contributed by atoms with Crippen molar-refractivity contribution < 1.29 is 14.3 Å². The second kappa shape index (κ2) is 8.78. The molecule has 30 heavy (non-hydrogen) atoms. The average Bonchev–Trinajstić information content (AvgIpc) is 2.76. The minimum atomic E-state index is -0.636. The summed E-state index contributed by atoms with van der Waals surface area (Å²) in [4.78, 5) is 25.6. The Balaban J connectivity index is 1.51. The first-order valence-corrected chi connectivity index (χ1v) is 10.2. The van der Waals surface area contributed by atoms with Gasteiger partial charge in [0, 0.05) is 15.7 Å². The molecule has 2 amide bonds. The fraction of sp³-hybridized carbons (Fsp3) is 0.130. The lowest BCUT2D eigenvalue weighted by molar-refractivity contribution is -0.123. The number of nitrogens with one attached hydrogen (secondary N) is 2. The van der Waals surface area contributed by atoms with E-state index in [9.17, 15) is 9.59 Å². The molecule has 0 saturated heterocycles. The largest absolute Gasteiger partial charge is 0.480 e. The van der Waals surface area contributed by atoms with E-state index in [0.717, 1.165) is 12.0 Å². The minimum Gasteiger partial charge on any atom is -0.480 e. The highest BCUT2D eigenvalue weighted by molar-refractivity contribution is 6.31. The van der Waals surface area contributed by atoms with Crippen LogP contribution in [0.25, 0.3) is 0 Å². The van der Waals surface area contributed by atoms with Crippen molar-refractivity contribution in [3.05, 3.63) is 87.9 Å². The van der Waals surface area contributed by atoms with Crippen LogP contribution in [0.2, 0.25) is 10.0 Å². The van der Waals surface area contributed by atoms with Gasteiger partial charge >= 0.3 is 0 Å². The summed E-state index contributed by atoms with van der Waals surface area (Å²) < 4.78 is 5.85. The van der Waals surface area contributed by atoms with Crippen LogP contribution in [-0.4, -0.2) is 17.9 Å². The number of halogens is 2. The lowest BCUT2D eigenvalue weighted by Gasteiger charge is -2.25. The Morgan fingerprint density at radius 3 is 2.43 bits per heavy atom. The predicted octanol–water partition coefficient (Wildman–Crippen LogP) is 5.58. The van der Waals surface area contributed by atoms with Gasteiger partial charge in [0.05, 0.1) is 11.3 Å². The number of hydrogen-bond acceptors (Lipinski definition) is 3. The summed E-state index contributed by atoms with van der Waals surface area (Å²) >= 11 is 12.0. The van der Waals surface area contributed by atoms with Gasteiger partial charge in [-0.3, -0.25) is 9.59 Å². The van der Waals surface area contributed by atoms with Gasteiger partial charge in [-0.2, -0.15) is 0 Å². The number of para-hydroxylation sites is 1. The molecule has 0 bridgehead atoms. The number of carbonyl (C=O) groups excluding carboxylic acids is 2. The monoisotopic (exact) mass is 440 g/mol. The first-order valence-electron chi connectivity index (χ1n) is 9.41. The van der Waals surface area contributed by atoms with Crippen LogP contribution in [-0.2, 0) is 11.2 Å². The summed E-state index contributed by atoms with van der Waals surface area (Å²) in [6.45, 7) is 0. The third-order valence-corrected chi connectivity index (χ3v) is 5.28. The number of fused-ring (bicyclic) bond motifs is 1. The second-order valence-corrected chi connectivity index (χ2v) is 7.77. The predicted molar refractivity (Wildman–Crippen MR) is 119 cm³/mol. The van der Waals surface area contributed by atoms with Crippen molar-refractivity contribution in [1.82, 2.24) is 0 Å². The summed E-state index contributed by atoms with van der Waals surface area (Å²) in [7, 11) is 0. The number of rotatable bonds is 4. The van der Waals surface area contributed by atoms with Crippen LogP contribution in [0, 0.1) is 0 Å². The molecule has 4 rings (SSSR count). The van der Waals surface area contributed by atoms with Gasteiger partial charge in [0.1, 0.15) is 5.75 Å². The van der Waals surface area contributed by atoms with Gasteiger partial charge < -0.3 is 15.4 Å². The third-order valence-electron chi connectivity index (χ3n) is 4.80. The molecule has 0 aromatic heterocycles. The van der Waals surface area contributed by atoms with Crippen LogP contribution in [0.15, 0.2) is 66.7 Å². The van der Waals surface area contributed by atoms with E-state index >= 15 is 0 Å². The highest BCUT2D eigenvalue weighted by atomic mass is 35.5. The molecule has 0 saturated carbocycles. The Morgan fingerprint density at radius 2 is 1.63 bits per heavy atom. The fourth-order valence-electron chi connectivity index (χ4n) is 3.27. The number of anilines is 2. The van der Waals surface area contributed by atoms with Crippen LogP contribution in [0.5, 0.6) is 5.75 Å². The number of carbonyl (C=O) groups is 2. The lowest BCUT2D eigenvalue weighted by Crippen LogP contribution is -2.36. The van der Waals surface area contributed by atoms with Crippen LogP contribution in [0.4, 0.5) is 11.4 Å². The zero-order valence-electron chi connectivity index (χ0n) is 15.8. The molecule has 0 aliphatic carbocycles. The van der Waals surface area contributed by atoms with Gasteiger partial charge in [-0.15, -0.1) is 0 Å². The number of aryl methyl sites for hydroxylation is 1. The number of hydrogen-bond donors (Lipinski definition) is 2. The van der Waals surface area contributed by atoms with Crippen LogP contribution >= 0.6 is 23.2 Å². The van der Waals surface area contributed by atoms with E-state index in [4.69, 9.17) is 27.9 Å². The molecule has 1 heterocycles. The Hall–Kier alpha value is -3.02. The van der Waals surface area contributed by atoms with Crippen LogP contribution < -0.4 is 15.4 Å². The minimum absolute atomic E-state index is 0.252. The van der Waals surface area contributed by atoms with E-state index in [1.807, 2.05) is 24.3 Å². The van der Waals surface area contributed by atoms with E-state index < -0.39 is 12.0 Å². The molecule has 1 atom stereocenters. The van der Waals surface area contributed by atoms with E-state index in [0.29, 0.717) is 33.6 Å². The maximum Gasteiger partial charge on any atom is 0.265 e. The molecule has 5 nitrogen and oxygen atoms in total. The van der Waals surface area contributed by atoms with Gasteiger partial charge in [0.25, 0.3) is 11.8 Å². The summed E-state index contributed by atoms with van der Waals surface area (Å²) in [6.07, 6.45) is 0.671. The maximum absolute atomic E-state index is 12.8. The molecule has 0 fully saturated rings. The van der Waals surface area contributed by atoms with Crippen molar-refractivity contribution in [2.75, 3.05) is 10.6 Å². The second-order valence-electron chi connectivity index (χ2n) is 6.89. The maximum atomic E-state index is 12.8. The quantitative estimate of drug-likeness (QED) is 0.556. The van der Waals surface area contributed by atoms with Crippen molar-refractivity contribution in [1.29, 1.82) is 0 Å². The van der Waals surface area contributed by atoms with E-state index in [-0.39, 0.29) is 11.5 Å². The summed E-state index contributed by atoms with van der Waals surface area (Å²) in [5.41, 5.74) is 2.27. The van der Waals surface area contributed by atoms with Gasteiger partial charge in [0.15, 0.2) is 6.10 Å². The molecule has 1 unspecified atom stereocenters. The van der Waals surface area contributed by atoms with E-state index in [1.54, 1.807) is 36.4 Å². The van der Waals surface area contributed by atoms with E-state index in [2.05, 4.69) is 10.6 Å². The normalized spacial score (nSPS) is 14.9. The zero-order valence-corrected chi connectivity index (χ0v) is 17.3. The van der Waals surface area contributed by atoms with Crippen molar-refractivity contribution in [3.63, 3.8) is 0 Å². The molecule has 0 spiro atoms. The first-order chi connectivity index (χ1) is 14.5. The SMILES string of the molecule is O=C(Nc1ccc(Cl)cc1)c1cc(Cl)ccc1NC(=O)C1CCc2ccccc2O1. The topological polar surface area (TPSA) is 67.4 Å². The Morgan fingerprint density at radius 1 is 0.900 bits per heavy atom. The molecule has 2 N–H and O–H groups in total. The molecule has 3 aromatic rings. The third kappa shape index (κ3) is 4.58. The summed E-state index contributed by atoms with van der Waals surface area (Å²) in [6, 6.07) is 19.1. The van der Waals surface area contributed by atoms with Gasteiger partial charge in [-0.1, -0.05) is 41.4 Å². The first kappa shape index (κ1) is 20.3. The Labute approximate surface area is 184 Å². The van der Waals surface area contributed by atoms with Crippen molar-refractivity contribution >= 4 is 46.4 Å². The van der Waals surface area contributed by atoms with Crippen molar-refractivity contribution in [3.8, 4) is 5.75 Å². The Kier molecular flexibility index (Phi) is 5.93. The highest BCUT2D eigenvalue weighted by Crippen LogP contribution is 2.28. The zero-order chi connectivity index (χ0) is 21.1. The summed E-state index contributed by atoms with van der Waals surface area (Å²) in [5, 5.41) is 6.54. The molecular formula is C23H18Cl2N2O3. The molecule has 0 radical (unpaired) electrons. The van der Waals surface area contributed by atoms with Crippen molar-refractivity contribution in [2.45, 2.75) is 18.9 Å². The fourth-order valence-corrected chi connectivity index (χ4v) is 3.57. The van der Waals surface area contributed by atoms with Gasteiger partial charge in [0.2, 0.25) is 0 Å².